The lowest BCUT2D eigenvalue weighted by atomic mass is 9.47. The normalized spacial score (nSPS) is 52.7. The Morgan fingerprint density at radius 3 is 2.62 bits per heavy atom. The van der Waals surface area contributed by atoms with Gasteiger partial charge in [0.15, 0.2) is 0 Å². The van der Waals surface area contributed by atoms with Crippen molar-refractivity contribution in [1.82, 2.24) is 0 Å². The van der Waals surface area contributed by atoms with E-state index in [0.29, 0.717) is 17.1 Å². The predicted molar refractivity (Wildman–Crippen MR) is 85.9 cm³/mol. The van der Waals surface area contributed by atoms with Crippen molar-refractivity contribution in [2.75, 3.05) is 0 Å². The van der Waals surface area contributed by atoms with E-state index in [4.69, 9.17) is 0 Å². The SMILES string of the molecule is CC1CCC[C@@]2(C)C1=CC[C@@H]1[C@@H]2CC[C@]2(C)C(=O)CC[C@@H]12. The van der Waals surface area contributed by atoms with Gasteiger partial charge in [-0.15, -0.1) is 0 Å². The fourth-order valence-corrected chi connectivity index (χ4v) is 6.91. The summed E-state index contributed by atoms with van der Waals surface area (Å²) in [6.45, 7) is 7.29. The molecule has 116 valence electrons. The Labute approximate surface area is 129 Å². The van der Waals surface area contributed by atoms with Crippen LogP contribution in [0.3, 0.4) is 0 Å². The third-order valence-corrected chi connectivity index (χ3v) is 8.10. The van der Waals surface area contributed by atoms with Gasteiger partial charge in [0.05, 0.1) is 0 Å². The number of carbonyl (C=O) groups excluding carboxylic acids is 1. The molecule has 0 N–H and O–H groups in total. The highest BCUT2D eigenvalue weighted by Gasteiger charge is 2.58. The van der Waals surface area contributed by atoms with Gasteiger partial charge in [-0.25, -0.2) is 0 Å². The Bertz CT molecular complexity index is 504. The lowest BCUT2D eigenvalue weighted by molar-refractivity contribution is -0.131. The van der Waals surface area contributed by atoms with Crippen LogP contribution in [0.2, 0.25) is 0 Å². The van der Waals surface area contributed by atoms with Gasteiger partial charge in [-0.3, -0.25) is 4.79 Å². The minimum Gasteiger partial charge on any atom is -0.299 e. The second-order valence-electron chi connectivity index (χ2n) is 8.90. The Morgan fingerprint density at radius 1 is 1.05 bits per heavy atom. The molecular weight excluding hydrogens is 256 g/mol. The van der Waals surface area contributed by atoms with Crippen LogP contribution in [0.1, 0.15) is 72.1 Å². The van der Waals surface area contributed by atoms with Crippen molar-refractivity contribution in [2.45, 2.75) is 72.1 Å². The molecule has 0 aliphatic heterocycles. The molecule has 0 aromatic carbocycles. The van der Waals surface area contributed by atoms with E-state index < -0.39 is 0 Å². The summed E-state index contributed by atoms with van der Waals surface area (Å²) in [6, 6.07) is 0. The fourth-order valence-electron chi connectivity index (χ4n) is 6.91. The van der Waals surface area contributed by atoms with Crippen molar-refractivity contribution >= 4 is 5.78 Å². The molecule has 0 saturated heterocycles. The third kappa shape index (κ3) is 1.72. The smallest absolute Gasteiger partial charge is 0.139 e. The van der Waals surface area contributed by atoms with Gasteiger partial charge in [0.1, 0.15) is 5.78 Å². The van der Waals surface area contributed by atoms with E-state index in [1.807, 2.05) is 0 Å². The minimum absolute atomic E-state index is 0.0309. The molecule has 0 aromatic rings. The zero-order valence-corrected chi connectivity index (χ0v) is 14.0. The Hall–Kier alpha value is -0.590. The maximum atomic E-state index is 12.4. The number of carbonyl (C=O) groups is 1. The Balaban J connectivity index is 1.72. The molecule has 4 aliphatic carbocycles. The predicted octanol–water partition coefficient (Wildman–Crippen LogP) is 5.15. The van der Waals surface area contributed by atoms with Crippen molar-refractivity contribution < 1.29 is 4.79 Å². The topological polar surface area (TPSA) is 17.1 Å². The summed E-state index contributed by atoms with van der Waals surface area (Å²) in [5.41, 5.74) is 2.26. The van der Waals surface area contributed by atoms with E-state index in [1.54, 1.807) is 5.57 Å². The van der Waals surface area contributed by atoms with E-state index in [9.17, 15) is 4.79 Å². The summed E-state index contributed by atoms with van der Waals surface area (Å²) < 4.78 is 0. The van der Waals surface area contributed by atoms with Crippen molar-refractivity contribution in [3.8, 4) is 0 Å². The van der Waals surface area contributed by atoms with Crippen LogP contribution < -0.4 is 0 Å². The molecule has 1 nitrogen and oxygen atoms in total. The van der Waals surface area contributed by atoms with E-state index in [1.165, 1.54) is 38.5 Å². The molecule has 0 aromatic heterocycles. The van der Waals surface area contributed by atoms with Gasteiger partial charge in [0.2, 0.25) is 0 Å². The van der Waals surface area contributed by atoms with Gasteiger partial charge in [0, 0.05) is 11.8 Å². The second kappa shape index (κ2) is 4.46. The van der Waals surface area contributed by atoms with E-state index >= 15 is 0 Å². The molecular formula is C20H30O. The largest absolute Gasteiger partial charge is 0.299 e. The maximum Gasteiger partial charge on any atom is 0.139 e. The highest BCUT2D eigenvalue weighted by molar-refractivity contribution is 5.87. The van der Waals surface area contributed by atoms with Crippen LogP contribution >= 0.6 is 0 Å². The minimum atomic E-state index is 0.0309. The summed E-state index contributed by atoms with van der Waals surface area (Å²) in [5, 5.41) is 0. The Morgan fingerprint density at radius 2 is 1.81 bits per heavy atom. The molecule has 1 heteroatoms. The summed E-state index contributed by atoms with van der Waals surface area (Å²) in [6.07, 6.45) is 12.5. The average Bonchev–Trinajstić information content (AvgIpc) is 2.75. The summed E-state index contributed by atoms with van der Waals surface area (Å²) in [5.74, 6) is 3.68. The molecule has 0 bridgehead atoms. The molecule has 3 fully saturated rings. The van der Waals surface area contributed by atoms with Gasteiger partial charge in [-0.05, 0) is 67.6 Å². The van der Waals surface area contributed by atoms with Crippen LogP contribution in [-0.2, 0) is 4.79 Å². The van der Waals surface area contributed by atoms with Crippen LogP contribution in [0.25, 0.3) is 0 Å². The van der Waals surface area contributed by atoms with Crippen LogP contribution in [0, 0.1) is 34.5 Å². The fraction of sp³-hybridized carbons (Fsp3) is 0.850. The molecule has 4 aliphatic rings. The number of allylic oxidation sites excluding steroid dienone is 2. The van der Waals surface area contributed by atoms with Gasteiger partial charge in [-0.1, -0.05) is 38.8 Å². The van der Waals surface area contributed by atoms with E-state index in [0.717, 1.165) is 30.6 Å². The zero-order chi connectivity index (χ0) is 14.8. The number of hydrogen-bond donors (Lipinski definition) is 0. The highest BCUT2D eigenvalue weighted by atomic mass is 16.1. The van der Waals surface area contributed by atoms with Crippen molar-refractivity contribution in [3.63, 3.8) is 0 Å². The van der Waals surface area contributed by atoms with Gasteiger partial charge >= 0.3 is 0 Å². The molecule has 1 unspecified atom stereocenters. The third-order valence-electron chi connectivity index (χ3n) is 8.10. The standard InChI is InChI=1S/C20H30O/c1-13-5-4-11-19(2)15(13)7-6-14-16-8-9-18(21)20(16,3)12-10-17(14)19/h7,13-14,16-17H,4-6,8-12H2,1-3H3/t13?,14-,16-,17-,19-,20-/m0/s1. The van der Waals surface area contributed by atoms with E-state index in [-0.39, 0.29) is 5.41 Å². The Kier molecular flexibility index (Phi) is 2.98. The first-order valence-electron chi connectivity index (χ1n) is 9.20. The molecule has 4 rings (SSSR count). The number of rotatable bonds is 0. The quantitative estimate of drug-likeness (QED) is 0.562. The number of hydrogen-bond acceptors (Lipinski definition) is 1. The van der Waals surface area contributed by atoms with Crippen LogP contribution in [0.4, 0.5) is 0 Å². The maximum absolute atomic E-state index is 12.4. The van der Waals surface area contributed by atoms with E-state index in [2.05, 4.69) is 26.8 Å². The average molecular weight is 286 g/mol. The van der Waals surface area contributed by atoms with Crippen molar-refractivity contribution in [3.05, 3.63) is 11.6 Å². The van der Waals surface area contributed by atoms with Gasteiger partial charge in [-0.2, -0.15) is 0 Å². The summed E-state index contributed by atoms with van der Waals surface area (Å²) in [4.78, 5) is 12.4. The van der Waals surface area contributed by atoms with Crippen molar-refractivity contribution in [1.29, 1.82) is 0 Å². The van der Waals surface area contributed by atoms with Gasteiger partial charge < -0.3 is 0 Å². The number of fused-ring (bicyclic) bond motifs is 5. The molecule has 6 atom stereocenters. The lowest BCUT2D eigenvalue weighted by Crippen LogP contribution is -2.50. The highest BCUT2D eigenvalue weighted by Crippen LogP contribution is 2.64. The molecule has 0 spiro atoms. The van der Waals surface area contributed by atoms with Crippen LogP contribution in [0.15, 0.2) is 11.6 Å². The first kappa shape index (κ1) is 14.0. The first-order chi connectivity index (χ1) is 9.97. The summed E-state index contributed by atoms with van der Waals surface area (Å²) >= 11 is 0. The van der Waals surface area contributed by atoms with Crippen molar-refractivity contribution in [2.24, 2.45) is 34.5 Å². The number of Topliss-reactive ketones (excluding diaryl/α,β-unsaturated/α-hetero) is 1. The summed E-state index contributed by atoms with van der Waals surface area (Å²) in [7, 11) is 0. The lowest BCUT2D eigenvalue weighted by Gasteiger charge is -2.57. The molecule has 3 saturated carbocycles. The van der Waals surface area contributed by atoms with Crippen LogP contribution in [0.5, 0.6) is 0 Å². The second-order valence-corrected chi connectivity index (χ2v) is 8.90. The molecule has 21 heavy (non-hydrogen) atoms. The molecule has 0 heterocycles. The van der Waals surface area contributed by atoms with Gasteiger partial charge in [0.25, 0.3) is 0 Å². The monoisotopic (exact) mass is 286 g/mol. The molecule has 0 amide bonds. The van der Waals surface area contributed by atoms with Crippen LogP contribution in [-0.4, -0.2) is 5.78 Å². The molecule has 0 radical (unpaired) electrons. The first-order valence-corrected chi connectivity index (χ1v) is 9.20. The zero-order valence-electron chi connectivity index (χ0n) is 14.0. The number of ketones is 1.